The van der Waals surface area contributed by atoms with Crippen LogP contribution in [0.2, 0.25) is 0 Å². The van der Waals surface area contributed by atoms with E-state index < -0.39 is 0 Å². The number of unbranched alkanes of at least 4 members (excludes halogenated alkanes) is 6. The number of rotatable bonds is 18. The van der Waals surface area contributed by atoms with Crippen LogP contribution in [0.5, 0.6) is 0 Å². The molecule has 0 amide bonds. The maximum Gasteiger partial charge on any atom is 0.0462 e. The number of hydrogen-bond donors (Lipinski definition) is 0. The van der Waals surface area contributed by atoms with E-state index in [2.05, 4.69) is 231 Å². The van der Waals surface area contributed by atoms with Gasteiger partial charge in [-0.2, -0.15) is 0 Å². The van der Waals surface area contributed by atoms with E-state index in [9.17, 15) is 0 Å². The lowest BCUT2D eigenvalue weighted by Crippen LogP contribution is -2.26. The molecule has 0 aromatic heterocycles. The average Bonchev–Trinajstić information content (AvgIpc) is 3.63. The van der Waals surface area contributed by atoms with Crippen LogP contribution in [0.1, 0.15) is 89.2 Å². The van der Waals surface area contributed by atoms with E-state index in [1.54, 1.807) is 11.1 Å². The number of nitrogens with zero attached hydrogens (tertiary/aromatic N) is 2. The molecule has 2 heteroatoms. The molecule has 1 aliphatic rings. The van der Waals surface area contributed by atoms with Gasteiger partial charge < -0.3 is 9.80 Å². The molecule has 2 nitrogen and oxygen atoms in total. The van der Waals surface area contributed by atoms with Crippen molar-refractivity contribution in [2.24, 2.45) is 0 Å². The van der Waals surface area contributed by atoms with Crippen molar-refractivity contribution in [1.29, 1.82) is 0 Å². The topological polar surface area (TPSA) is 6.48 Å². The second kappa shape index (κ2) is 19.8. The number of anilines is 5. The van der Waals surface area contributed by atoms with Crippen LogP contribution in [0, 0.1) is 0 Å². The van der Waals surface area contributed by atoms with Crippen LogP contribution in [-0.4, -0.2) is 7.05 Å². The molecule has 0 atom stereocenters. The summed E-state index contributed by atoms with van der Waals surface area (Å²) < 4.78 is 0. The molecule has 0 radical (unpaired) electrons. The van der Waals surface area contributed by atoms with Gasteiger partial charge in [0, 0.05) is 40.9 Å². The molecule has 1 aliphatic carbocycles. The molecule has 8 aromatic carbocycles. The monoisotopic (exact) mass is 834 g/mol. The van der Waals surface area contributed by atoms with Gasteiger partial charge in [-0.05, 0) is 141 Å². The van der Waals surface area contributed by atoms with Crippen molar-refractivity contribution in [2.75, 3.05) is 16.8 Å². The van der Waals surface area contributed by atoms with E-state index in [-0.39, 0.29) is 5.41 Å². The zero-order valence-corrected chi connectivity index (χ0v) is 38.0. The highest BCUT2D eigenvalue weighted by Gasteiger charge is 2.42. The molecule has 0 bridgehead atoms. The number of para-hydroxylation sites is 2. The largest absolute Gasteiger partial charge is 0.345 e. The first-order valence-electron chi connectivity index (χ1n) is 23.9. The molecule has 0 heterocycles. The Morgan fingerprint density at radius 2 is 0.766 bits per heavy atom. The molecule has 0 N–H and O–H groups in total. The Labute approximate surface area is 382 Å². The van der Waals surface area contributed by atoms with Crippen molar-refractivity contribution in [3.8, 4) is 44.5 Å². The molecule has 0 spiro atoms. The van der Waals surface area contributed by atoms with Crippen molar-refractivity contribution in [1.82, 2.24) is 0 Å². The van der Waals surface area contributed by atoms with Gasteiger partial charge in [-0.1, -0.05) is 193 Å². The first-order chi connectivity index (χ1) is 31.6. The third-order valence-electron chi connectivity index (χ3n) is 13.7. The van der Waals surface area contributed by atoms with E-state index in [1.165, 1.54) is 120 Å². The van der Waals surface area contributed by atoms with Gasteiger partial charge in [0.05, 0.1) is 0 Å². The van der Waals surface area contributed by atoms with Crippen LogP contribution in [-0.2, 0) is 5.41 Å². The standard InChI is InChI=1S/C62H62N2/c1-4-6-8-18-42-62(43-19-9-7-5-2)60-31-17-16-30-58(60)59-41-40-57(46-61(59)62)63(3)53-36-32-47(33-37-53)49-22-20-24-51(44-49)52-25-21-23-50(45-52)48-34-38-56(39-35-48)64(54-26-12-10-13-27-54)55-28-14-11-15-29-55/h10-17,20-41,44-46H,4-9,18-19,42-43H2,1-3H3. The zero-order chi connectivity index (χ0) is 43.7. The van der Waals surface area contributed by atoms with Crippen LogP contribution in [0.15, 0.2) is 200 Å². The summed E-state index contributed by atoms with van der Waals surface area (Å²) in [4.78, 5) is 4.68. The smallest absolute Gasteiger partial charge is 0.0462 e. The summed E-state index contributed by atoms with van der Waals surface area (Å²) in [5, 5.41) is 0. The minimum Gasteiger partial charge on any atom is -0.345 e. The van der Waals surface area contributed by atoms with Gasteiger partial charge >= 0.3 is 0 Å². The Balaban J connectivity index is 0.944. The molecule has 64 heavy (non-hydrogen) atoms. The Bertz CT molecular complexity index is 2700. The summed E-state index contributed by atoms with van der Waals surface area (Å²) in [5.41, 5.74) is 19.2. The Morgan fingerprint density at radius 3 is 1.30 bits per heavy atom. The lowest BCUT2D eigenvalue weighted by atomic mass is 9.70. The van der Waals surface area contributed by atoms with Crippen molar-refractivity contribution >= 4 is 28.4 Å². The Morgan fingerprint density at radius 1 is 0.328 bits per heavy atom. The molecule has 0 fully saturated rings. The summed E-state index contributed by atoms with van der Waals surface area (Å²) in [6.07, 6.45) is 12.8. The number of benzene rings is 8. The number of fused-ring (bicyclic) bond motifs is 3. The first-order valence-corrected chi connectivity index (χ1v) is 23.9. The second-order valence-electron chi connectivity index (χ2n) is 17.8. The van der Waals surface area contributed by atoms with Gasteiger partial charge in [0.25, 0.3) is 0 Å². The van der Waals surface area contributed by atoms with Gasteiger partial charge in [-0.25, -0.2) is 0 Å². The van der Waals surface area contributed by atoms with E-state index in [1.807, 2.05) is 0 Å². The van der Waals surface area contributed by atoms with Gasteiger partial charge in [-0.15, -0.1) is 0 Å². The minimum atomic E-state index is 0.0797. The molecule has 0 unspecified atom stereocenters. The molecule has 9 rings (SSSR count). The van der Waals surface area contributed by atoms with E-state index in [4.69, 9.17) is 0 Å². The third kappa shape index (κ3) is 8.93. The summed E-state index contributed by atoms with van der Waals surface area (Å²) in [6, 6.07) is 73.7. The van der Waals surface area contributed by atoms with Crippen LogP contribution in [0.3, 0.4) is 0 Å². The average molecular weight is 835 g/mol. The predicted octanol–water partition coefficient (Wildman–Crippen LogP) is 18.1. The summed E-state index contributed by atoms with van der Waals surface area (Å²) in [5.74, 6) is 0. The molecular weight excluding hydrogens is 773 g/mol. The fourth-order valence-corrected chi connectivity index (χ4v) is 10.2. The molecule has 8 aromatic rings. The summed E-state index contributed by atoms with van der Waals surface area (Å²) in [7, 11) is 2.23. The predicted molar refractivity (Wildman–Crippen MR) is 276 cm³/mol. The van der Waals surface area contributed by atoms with E-state index in [0.29, 0.717) is 0 Å². The molecule has 0 saturated carbocycles. The van der Waals surface area contributed by atoms with Gasteiger partial charge in [0.2, 0.25) is 0 Å². The lowest BCUT2D eigenvalue weighted by molar-refractivity contribution is 0.401. The van der Waals surface area contributed by atoms with Gasteiger partial charge in [0.15, 0.2) is 0 Å². The minimum absolute atomic E-state index is 0.0797. The van der Waals surface area contributed by atoms with Crippen molar-refractivity contribution in [2.45, 2.75) is 83.5 Å². The Hall–Kier alpha value is -6.64. The molecule has 320 valence electrons. The lowest BCUT2D eigenvalue weighted by Gasteiger charge is -2.33. The summed E-state index contributed by atoms with van der Waals surface area (Å²) >= 11 is 0. The highest BCUT2D eigenvalue weighted by atomic mass is 15.1. The van der Waals surface area contributed by atoms with Crippen LogP contribution in [0.25, 0.3) is 44.5 Å². The van der Waals surface area contributed by atoms with Gasteiger partial charge in [-0.3, -0.25) is 0 Å². The van der Waals surface area contributed by atoms with E-state index in [0.717, 1.165) is 17.1 Å². The maximum atomic E-state index is 2.54. The van der Waals surface area contributed by atoms with E-state index >= 15 is 0 Å². The van der Waals surface area contributed by atoms with Crippen molar-refractivity contribution < 1.29 is 0 Å². The molecular formula is C62H62N2. The highest BCUT2D eigenvalue weighted by Crippen LogP contribution is 2.55. The fourth-order valence-electron chi connectivity index (χ4n) is 10.2. The zero-order valence-electron chi connectivity index (χ0n) is 38.0. The van der Waals surface area contributed by atoms with Gasteiger partial charge in [0.1, 0.15) is 0 Å². The highest BCUT2D eigenvalue weighted by molar-refractivity contribution is 5.85. The second-order valence-corrected chi connectivity index (χ2v) is 17.8. The molecule has 0 saturated heterocycles. The maximum absolute atomic E-state index is 2.54. The SMILES string of the molecule is CCCCCCC1(CCCCCC)c2ccccc2-c2ccc(N(C)c3ccc(-c4cccc(-c5cccc(-c6ccc(N(c7ccccc7)c7ccccc7)cc6)c5)c4)cc3)cc21. The van der Waals surface area contributed by atoms with Crippen LogP contribution < -0.4 is 9.80 Å². The summed E-state index contributed by atoms with van der Waals surface area (Å²) in [6.45, 7) is 4.64. The fraction of sp³-hybridized carbons (Fsp3) is 0.226. The quantitative estimate of drug-likeness (QED) is 0.0795. The van der Waals surface area contributed by atoms with Crippen LogP contribution in [0.4, 0.5) is 28.4 Å². The third-order valence-corrected chi connectivity index (χ3v) is 13.7. The first kappa shape index (κ1) is 42.7. The van der Waals surface area contributed by atoms with Crippen molar-refractivity contribution in [3.63, 3.8) is 0 Å². The van der Waals surface area contributed by atoms with Crippen molar-refractivity contribution in [3.05, 3.63) is 211 Å². The molecule has 0 aliphatic heterocycles. The van der Waals surface area contributed by atoms with Crippen LogP contribution >= 0.6 is 0 Å². The number of hydrogen-bond acceptors (Lipinski definition) is 2. The Kier molecular flexibility index (Phi) is 13.2. The normalized spacial score (nSPS) is 12.4.